The fourth-order valence-corrected chi connectivity index (χ4v) is 3.01. The van der Waals surface area contributed by atoms with E-state index in [1.807, 2.05) is 5.32 Å². The van der Waals surface area contributed by atoms with Gasteiger partial charge in [-0.05, 0) is 30.3 Å². The zero-order chi connectivity index (χ0) is 18.7. The number of rotatable bonds is 4. The van der Waals surface area contributed by atoms with Crippen molar-refractivity contribution in [3.63, 3.8) is 0 Å². The summed E-state index contributed by atoms with van der Waals surface area (Å²) in [6.07, 6.45) is 0. The van der Waals surface area contributed by atoms with Gasteiger partial charge in [-0.15, -0.1) is 11.8 Å². The van der Waals surface area contributed by atoms with Gasteiger partial charge in [0.15, 0.2) is 6.61 Å². The van der Waals surface area contributed by atoms with Gasteiger partial charge in [-0.2, -0.15) is 0 Å². The third kappa shape index (κ3) is 3.99. The Morgan fingerprint density at radius 3 is 2.65 bits per heavy atom. The van der Waals surface area contributed by atoms with Crippen LogP contribution in [0.2, 0.25) is 0 Å². The van der Waals surface area contributed by atoms with E-state index in [4.69, 9.17) is 4.74 Å². The minimum atomic E-state index is -0.937. The van der Waals surface area contributed by atoms with Gasteiger partial charge >= 0.3 is 5.97 Å². The third-order valence-electron chi connectivity index (χ3n) is 3.41. The zero-order valence-electron chi connectivity index (χ0n) is 13.2. The zero-order valence-corrected chi connectivity index (χ0v) is 14.0. The lowest BCUT2D eigenvalue weighted by Gasteiger charge is -2.16. The van der Waals surface area contributed by atoms with Crippen molar-refractivity contribution < 1.29 is 27.9 Å². The van der Waals surface area contributed by atoms with Gasteiger partial charge in [0, 0.05) is 4.90 Å². The highest BCUT2D eigenvalue weighted by molar-refractivity contribution is 8.00. The van der Waals surface area contributed by atoms with Crippen LogP contribution in [0.4, 0.5) is 20.2 Å². The highest BCUT2D eigenvalue weighted by Crippen LogP contribution is 2.32. The van der Waals surface area contributed by atoms with Crippen molar-refractivity contribution in [2.75, 3.05) is 23.0 Å². The third-order valence-corrected chi connectivity index (χ3v) is 4.48. The van der Waals surface area contributed by atoms with Crippen molar-refractivity contribution >= 4 is 40.9 Å². The molecular weight excluding hydrogens is 366 g/mol. The number of anilines is 2. The highest BCUT2D eigenvalue weighted by atomic mass is 32.2. The smallest absolute Gasteiger partial charge is 0.338 e. The molecule has 0 saturated carbocycles. The van der Waals surface area contributed by atoms with E-state index in [-0.39, 0.29) is 11.5 Å². The largest absolute Gasteiger partial charge is 0.452 e. The molecule has 2 aromatic rings. The number of hydrogen-bond donors (Lipinski definition) is 2. The fourth-order valence-electron chi connectivity index (χ4n) is 2.22. The predicted molar refractivity (Wildman–Crippen MR) is 91.1 cm³/mol. The molecule has 1 aliphatic rings. The quantitative estimate of drug-likeness (QED) is 0.800. The molecule has 1 aliphatic heterocycles. The fraction of sp³-hybridized carbons (Fsp3) is 0.118. The second kappa shape index (κ2) is 7.52. The number of esters is 1. The van der Waals surface area contributed by atoms with Gasteiger partial charge in [-0.1, -0.05) is 6.07 Å². The monoisotopic (exact) mass is 378 g/mol. The number of carbonyl (C=O) groups is 3. The molecule has 9 heteroatoms. The Bertz CT molecular complexity index is 884. The van der Waals surface area contributed by atoms with Gasteiger partial charge in [0.2, 0.25) is 5.91 Å². The summed E-state index contributed by atoms with van der Waals surface area (Å²) in [7, 11) is 0. The van der Waals surface area contributed by atoms with Crippen molar-refractivity contribution in [3.05, 3.63) is 53.6 Å². The molecule has 26 heavy (non-hydrogen) atoms. The van der Waals surface area contributed by atoms with E-state index in [0.717, 1.165) is 23.1 Å². The molecule has 0 unspecified atom stereocenters. The Morgan fingerprint density at radius 1 is 1.19 bits per heavy atom. The summed E-state index contributed by atoms with van der Waals surface area (Å²) < 4.78 is 31.8. The molecule has 6 nitrogen and oxygen atoms in total. The molecule has 3 rings (SSSR count). The molecule has 0 aromatic heterocycles. The van der Waals surface area contributed by atoms with Crippen LogP contribution >= 0.6 is 11.8 Å². The van der Waals surface area contributed by atoms with Crippen LogP contribution in [0, 0.1) is 11.6 Å². The van der Waals surface area contributed by atoms with Gasteiger partial charge < -0.3 is 15.4 Å². The number of ether oxygens (including phenoxy) is 1. The molecule has 0 atom stereocenters. The molecular formula is C17H12F2N2O4S. The van der Waals surface area contributed by atoms with Crippen molar-refractivity contribution in [1.82, 2.24) is 0 Å². The van der Waals surface area contributed by atoms with Crippen LogP contribution in [0.1, 0.15) is 10.4 Å². The maximum absolute atomic E-state index is 13.5. The molecule has 0 radical (unpaired) electrons. The first kappa shape index (κ1) is 17.9. The van der Waals surface area contributed by atoms with E-state index in [1.165, 1.54) is 23.9 Å². The Balaban J connectivity index is 1.61. The van der Waals surface area contributed by atoms with Gasteiger partial charge in [0.1, 0.15) is 17.3 Å². The molecule has 0 fully saturated rings. The number of fused-ring (bicyclic) bond motifs is 1. The summed E-state index contributed by atoms with van der Waals surface area (Å²) in [5.41, 5.74) is 0.0112. The number of halogens is 2. The maximum atomic E-state index is 13.5. The summed E-state index contributed by atoms with van der Waals surface area (Å²) >= 11 is 1.34. The topological polar surface area (TPSA) is 84.5 Å². The first-order valence-electron chi connectivity index (χ1n) is 7.42. The Morgan fingerprint density at radius 2 is 1.92 bits per heavy atom. The highest BCUT2D eigenvalue weighted by Gasteiger charge is 2.19. The number of thioether (sulfide) groups is 1. The van der Waals surface area contributed by atoms with E-state index in [1.54, 1.807) is 6.07 Å². The van der Waals surface area contributed by atoms with E-state index in [2.05, 4.69) is 5.32 Å². The number of para-hydroxylation sites is 1. The van der Waals surface area contributed by atoms with Gasteiger partial charge in [0.25, 0.3) is 5.91 Å². The minimum Gasteiger partial charge on any atom is -0.452 e. The van der Waals surface area contributed by atoms with Crippen LogP contribution in [0.3, 0.4) is 0 Å². The molecule has 0 spiro atoms. The van der Waals surface area contributed by atoms with Crippen LogP contribution in [0.15, 0.2) is 41.3 Å². The van der Waals surface area contributed by atoms with E-state index >= 15 is 0 Å². The van der Waals surface area contributed by atoms with Crippen LogP contribution in [0.5, 0.6) is 0 Å². The van der Waals surface area contributed by atoms with Crippen LogP contribution in [-0.2, 0) is 14.3 Å². The Hall–Kier alpha value is -2.94. The van der Waals surface area contributed by atoms with Crippen LogP contribution < -0.4 is 10.6 Å². The van der Waals surface area contributed by atoms with Crippen LogP contribution in [0.25, 0.3) is 0 Å². The second-order valence-corrected chi connectivity index (χ2v) is 6.29. The van der Waals surface area contributed by atoms with E-state index < -0.39 is 35.8 Å². The van der Waals surface area contributed by atoms with Gasteiger partial charge in [-0.25, -0.2) is 13.6 Å². The normalized spacial score (nSPS) is 12.8. The van der Waals surface area contributed by atoms with Crippen molar-refractivity contribution in [2.45, 2.75) is 4.90 Å². The Labute approximate surface area is 150 Å². The number of amides is 2. The molecule has 2 aromatic carbocycles. The molecule has 0 aliphatic carbocycles. The SMILES string of the molecule is O=C1CSc2ccc(C(=O)OCC(=O)Nc3c(F)cccc3F)cc2N1. The number of nitrogens with one attached hydrogen (secondary N) is 2. The second-order valence-electron chi connectivity index (χ2n) is 5.27. The molecule has 1 heterocycles. The first-order valence-corrected chi connectivity index (χ1v) is 8.40. The van der Waals surface area contributed by atoms with Crippen molar-refractivity contribution in [3.8, 4) is 0 Å². The number of benzene rings is 2. The summed E-state index contributed by atoms with van der Waals surface area (Å²) in [5, 5.41) is 4.65. The number of carbonyl (C=O) groups excluding carboxylic acids is 3. The molecule has 2 N–H and O–H groups in total. The summed E-state index contributed by atoms with van der Waals surface area (Å²) in [4.78, 5) is 36.0. The standard InChI is InChI=1S/C17H12F2N2O4S/c18-10-2-1-3-11(19)16(10)21-14(22)7-25-17(24)9-4-5-13-12(6-9)20-15(23)8-26-13/h1-6H,7-8H2,(H,20,23)(H,21,22). The molecule has 2 amide bonds. The lowest BCUT2D eigenvalue weighted by Crippen LogP contribution is -2.22. The van der Waals surface area contributed by atoms with E-state index in [9.17, 15) is 23.2 Å². The van der Waals surface area contributed by atoms with Gasteiger partial charge in [-0.3, -0.25) is 9.59 Å². The van der Waals surface area contributed by atoms with Crippen molar-refractivity contribution in [2.24, 2.45) is 0 Å². The summed E-state index contributed by atoms with van der Waals surface area (Å²) in [6.45, 7) is -0.717. The minimum absolute atomic E-state index is 0.136. The average Bonchev–Trinajstić information content (AvgIpc) is 2.62. The van der Waals surface area contributed by atoms with Crippen LogP contribution in [-0.4, -0.2) is 30.1 Å². The lowest BCUT2D eigenvalue weighted by atomic mass is 10.2. The number of hydrogen-bond acceptors (Lipinski definition) is 5. The molecule has 134 valence electrons. The molecule has 0 bridgehead atoms. The summed E-state index contributed by atoms with van der Waals surface area (Å²) in [5.74, 6) is -3.45. The maximum Gasteiger partial charge on any atom is 0.338 e. The summed E-state index contributed by atoms with van der Waals surface area (Å²) in [6, 6.07) is 7.74. The van der Waals surface area contributed by atoms with Gasteiger partial charge in [0.05, 0.1) is 17.0 Å². The van der Waals surface area contributed by atoms with Crippen molar-refractivity contribution in [1.29, 1.82) is 0 Å². The first-order chi connectivity index (χ1) is 12.4. The molecule has 0 saturated heterocycles. The lowest BCUT2D eigenvalue weighted by molar-refractivity contribution is -0.119. The van der Waals surface area contributed by atoms with E-state index in [0.29, 0.717) is 11.4 Å². The predicted octanol–water partition coefficient (Wildman–Crippen LogP) is 2.80. The average molecular weight is 378 g/mol. The Kier molecular flexibility index (Phi) is 5.17.